The molecule has 1 aliphatic heterocycles. The molecule has 21 heavy (non-hydrogen) atoms. The highest BCUT2D eigenvalue weighted by atomic mass is 32.1. The first-order valence-corrected chi connectivity index (χ1v) is 7.47. The van der Waals surface area contributed by atoms with E-state index in [0.29, 0.717) is 23.1 Å². The Balaban J connectivity index is 2.01. The van der Waals surface area contributed by atoms with E-state index in [1.807, 2.05) is 36.1 Å². The molecule has 1 aromatic heterocycles. The zero-order valence-electron chi connectivity index (χ0n) is 11.7. The topological polar surface area (TPSA) is 72.6 Å². The van der Waals surface area contributed by atoms with E-state index in [4.69, 9.17) is 5.41 Å². The maximum absolute atomic E-state index is 9.55. The molecule has 1 aliphatic rings. The van der Waals surface area contributed by atoms with Gasteiger partial charge in [-0.15, -0.1) is 0 Å². The Morgan fingerprint density at radius 3 is 3.05 bits per heavy atom. The van der Waals surface area contributed by atoms with E-state index in [2.05, 4.69) is 16.7 Å². The van der Waals surface area contributed by atoms with Crippen LogP contribution >= 0.6 is 11.3 Å². The summed E-state index contributed by atoms with van der Waals surface area (Å²) in [4.78, 5) is 10.3. The second-order valence-electron chi connectivity index (χ2n) is 4.94. The number of hydrogen-bond donors (Lipinski definition) is 2. The van der Waals surface area contributed by atoms with Crippen LogP contribution in [-0.2, 0) is 0 Å². The van der Waals surface area contributed by atoms with E-state index in [1.165, 1.54) is 11.3 Å². The van der Waals surface area contributed by atoms with Gasteiger partial charge in [0.1, 0.15) is 10.7 Å². The molecule has 0 radical (unpaired) electrons. The molecule has 2 aromatic rings. The van der Waals surface area contributed by atoms with Gasteiger partial charge in [0.15, 0.2) is 5.84 Å². The molecule has 3 rings (SSSR count). The number of hydrogen-bond acceptors (Lipinski definition) is 5. The van der Waals surface area contributed by atoms with Crippen molar-refractivity contribution in [3.05, 3.63) is 40.5 Å². The highest BCUT2D eigenvalue weighted by molar-refractivity contribution is 7.15. The molecule has 6 heteroatoms. The lowest BCUT2D eigenvalue weighted by Gasteiger charge is -2.19. The van der Waals surface area contributed by atoms with Crippen molar-refractivity contribution >= 4 is 34.6 Å². The van der Waals surface area contributed by atoms with Gasteiger partial charge < -0.3 is 10.0 Å². The van der Waals surface area contributed by atoms with Crippen LogP contribution in [0.2, 0.25) is 0 Å². The van der Waals surface area contributed by atoms with Crippen LogP contribution < -0.4 is 4.90 Å². The zero-order valence-corrected chi connectivity index (χ0v) is 12.5. The average molecular weight is 300 g/mol. The van der Waals surface area contributed by atoms with Crippen LogP contribution in [-0.4, -0.2) is 35.8 Å². The third kappa shape index (κ3) is 2.26. The SMILES string of the molecule is C=Nc1sc(C)nc1C(=N)N1CC(CO)c2ccccc21. The van der Waals surface area contributed by atoms with Gasteiger partial charge in [-0.1, -0.05) is 29.5 Å². The lowest BCUT2D eigenvalue weighted by molar-refractivity contribution is 0.272. The predicted octanol–water partition coefficient (Wildman–Crippen LogP) is 2.71. The van der Waals surface area contributed by atoms with Crippen molar-refractivity contribution < 1.29 is 5.11 Å². The van der Waals surface area contributed by atoms with Crippen LogP contribution in [0.5, 0.6) is 0 Å². The van der Waals surface area contributed by atoms with Gasteiger partial charge in [0, 0.05) is 18.2 Å². The van der Waals surface area contributed by atoms with Crippen molar-refractivity contribution in [2.24, 2.45) is 4.99 Å². The molecule has 0 aliphatic carbocycles. The number of aryl methyl sites for hydroxylation is 1. The van der Waals surface area contributed by atoms with Crippen molar-refractivity contribution in [3.63, 3.8) is 0 Å². The number of anilines is 1. The summed E-state index contributed by atoms with van der Waals surface area (Å²) >= 11 is 1.43. The quantitative estimate of drug-likeness (QED) is 0.676. The molecular formula is C15H16N4OS. The number of aliphatic imine (C=N–C) groups is 1. The molecule has 2 N–H and O–H groups in total. The number of aromatic nitrogens is 1. The second-order valence-corrected chi connectivity index (χ2v) is 6.12. The van der Waals surface area contributed by atoms with Crippen LogP contribution in [0.3, 0.4) is 0 Å². The number of nitrogens with one attached hydrogen (secondary N) is 1. The van der Waals surface area contributed by atoms with Crippen LogP contribution in [0, 0.1) is 12.3 Å². The molecule has 1 unspecified atom stereocenters. The fourth-order valence-electron chi connectivity index (χ4n) is 2.67. The lowest BCUT2D eigenvalue weighted by Crippen LogP contribution is -2.30. The highest BCUT2D eigenvalue weighted by Gasteiger charge is 2.32. The Hall–Kier alpha value is -2.05. The molecule has 0 bridgehead atoms. The van der Waals surface area contributed by atoms with Gasteiger partial charge in [0.25, 0.3) is 0 Å². The predicted molar refractivity (Wildman–Crippen MR) is 86.5 cm³/mol. The van der Waals surface area contributed by atoms with Gasteiger partial charge in [-0.05, 0) is 25.3 Å². The fourth-order valence-corrected chi connectivity index (χ4v) is 3.39. The minimum atomic E-state index is 0.0291. The van der Waals surface area contributed by atoms with E-state index in [1.54, 1.807) is 0 Å². The van der Waals surface area contributed by atoms with Gasteiger partial charge in [-0.2, -0.15) is 0 Å². The van der Waals surface area contributed by atoms with Gasteiger partial charge in [-0.3, -0.25) is 10.4 Å². The summed E-state index contributed by atoms with van der Waals surface area (Å²) < 4.78 is 0. The maximum atomic E-state index is 9.55. The third-order valence-electron chi connectivity index (χ3n) is 3.64. The molecule has 5 nitrogen and oxygen atoms in total. The van der Waals surface area contributed by atoms with Gasteiger partial charge in [0.05, 0.1) is 11.6 Å². The van der Waals surface area contributed by atoms with E-state index in [0.717, 1.165) is 16.3 Å². The Bertz CT molecular complexity index is 709. The van der Waals surface area contributed by atoms with E-state index in [-0.39, 0.29) is 12.5 Å². The third-order valence-corrected chi connectivity index (χ3v) is 4.55. The highest BCUT2D eigenvalue weighted by Crippen LogP contribution is 2.38. The van der Waals surface area contributed by atoms with Gasteiger partial charge in [0.2, 0.25) is 0 Å². The molecule has 0 amide bonds. The summed E-state index contributed by atoms with van der Waals surface area (Å²) in [5, 5.41) is 19.6. The molecule has 2 heterocycles. The first-order chi connectivity index (χ1) is 10.2. The number of thiazole rings is 1. The monoisotopic (exact) mass is 300 g/mol. The van der Waals surface area contributed by atoms with Crippen molar-refractivity contribution in [2.75, 3.05) is 18.1 Å². The molecular weight excluding hydrogens is 284 g/mol. The molecule has 0 saturated heterocycles. The van der Waals surface area contributed by atoms with Crippen LogP contribution in [0.1, 0.15) is 22.2 Å². The summed E-state index contributed by atoms with van der Waals surface area (Å²) in [5.74, 6) is 0.339. The Morgan fingerprint density at radius 2 is 2.33 bits per heavy atom. The summed E-state index contributed by atoms with van der Waals surface area (Å²) in [6.07, 6.45) is 0. The van der Waals surface area contributed by atoms with Gasteiger partial charge in [-0.25, -0.2) is 4.98 Å². The van der Waals surface area contributed by atoms with E-state index < -0.39 is 0 Å². The summed E-state index contributed by atoms with van der Waals surface area (Å²) in [7, 11) is 0. The number of para-hydroxylation sites is 1. The van der Waals surface area contributed by atoms with Crippen molar-refractivity contribution in [3.8, 4) is 0 Å². The summed E-state index contributed by atoms with van der Waals surface area (Å²) in [5.41, 5.74) is 2.59. The molecule has 0 saturated carbocycles. The van der Waals surface area contributed by atoms with Crippen molar-refractivity contribution in [2.45, 2.75) is 12.8 Å². The fraction of sp³-hybridized carbons (Fsp3) is 0.267. The number of nitrogens with zero attached hydrogens (tertiary/aromatic N) is 3. The zero-order chi connectivity index (χ0) is 15.0. The number of rotatable bonds is 3. The van der Waals surface area contributed by atoms with Gasteiger partial charge >= 0.3 is 0 Å². The Morgan fingerprint density at radius 1 is 1.57 bits per heavy atom. The summed E-state index contributed by atoms with van der Waals surface area (Å²) in [6, 6.07) is 7.87. The number of fused-ring (bicyclic) bond motifs is 1. The van der Waals surface area contributed by atoms with E-state index >= 15 is 0 Å². The van der Waals surface area contributed by atoms with Crippen molar-refractivity contribution in [1.82, 2.24) is 4.98 Å². The minimum Gasteiger partial charge on any atom is -0.396 e. The normalized spacial score (nSPS) is 16.9. The smallest absolute Gasteiger partial charge is 0.154 e. The standard InChI is InChI=1S/C15H16N4OS/c1-9-18-13(15(17-2)21-9)14(16)19-7-10(8-20)11-5-3-4-6-12(11)19/h3-6,10,16,20H,2,7-8H2,1H3. The number of benzene rings is 1. The molecule has 0 spiro atoms. The first-order valence-electron chi connectivity index (χ1n) is 6.66. The molecule has 0 fully saturated rings. The molecule has 1 aromatic carbocycles. The Labute approximate surface area is 127 Å². The Kier molecular flexibility index (Phi) is 3.57. The van der Waals surface area contributed by atoms with Crippen molar-refractivity contribution in [1.29, 1.82) is 5.41 Å². The summed E-state index contributed by atoms with van der Waals surface area (Å²) in [6.45, 7) is 6.11. The van der Waals surface area contributed by atoms with E-state index in [9.17, 15) is 5.11 Å². The lowest BCUT2D eigenvalue weighted by atomic mass is 10.0. The van der Waals surface area contributed by atoms with Crippen LogP contribution in [0.15, 0.2) is 29.3 Å². The maximum Gasteiger partial charge on any atom is 0.154 e. The molecule has 108 valence electrons. The second kappa shape index (κ2) is 5.38. The largest absolute Gasteiger partial charge is 0.396 e. The first kappa shape index (κ1) is 13.9. The number of aliphatic hydroxyl groups is 1. The van der Waals surface area contributed by atoms with Crippen LogP contribution in [0.25, 0.3) is 0 Å². The minimum absolute atomic E-state index is 0.0291. The average Bonchev–Trinajstić information content (AvgIpc) is 3.07. The number of amidine groups is 1. The van der Waals surface area contributed by atoms with Crippen LogP contribution in [0.4, 0.5) is 10.7 Å². The molecule has 1 atom stereocenters. The number of aliphatic hydroxyl groups excluding tert-OH is 1.